The van der Waals surface area contributed by atoms with E-state index in [0.717, 1.165) is 44.7 Å². The largest absolute Gasteiger partial charge is 1.00 e. The molecule has 0 heterocycles. The van der Waals surface area contributed by atoms with E-state index in [1.165, 1.54) is 0 Å². The molecule has 12 heteroatoms. The fraction of sp³-hybridized carbons (Fsp3) is 0.320. The van der Waals surface area contributed by atoms with Crippen molar-refractivity contribution >= 4 is 45.1 Å². The lowest BCUT2D eigenvalue weighted by atomic mass is 9.91. The molecule has 0 saturated carbocycles. The molecule has 2 amide bonds. The van der Waals surface area contributed by atoms with E-state index >= 15 is 0 Å². The molecule has 5 rings (SSSR count). The standard InChI is InChI=1S/C50H58N4O7.ClH/c1-4-16-42(50(58)61-33-35-17-7-6-8-18-35)54-49(57)38(21-15-30-52-3)32-43(55)41(24-13-14-29-51)53-46(56)34-60-45-28-26-37-20-10-12-23-40(37)48(45)47-39-22-11-9-19-36(39)25-27-44(47)59-31-5-2;/h4-12,17-20,22-23,25-28,38,41-42,52H,1-2,13-16,21,24,29-34,51H2,3H3,(H,53,56)(H,54,57);1H/t38-,41+,42-;/m0./s1. The number of halogens is 1. The van der Waals surface area contributed by atoms with Crippen LogP contribution in [0.1, 0.15) is 50.5 Å². The molecule has 11 nitrogen and oxygen atoms in total. The van der Waals surface area contributed by atoms with Crippen LogP contribution in [0.15, 0.2) is 128 Å². The van der Waals surface area contributed by atoms with Gasteiger partial charge in [-0.2, -0.15) is 0 Å². The topological polar surface area (TPSA) is 160 Å². The Kier molecular flexibility index (Phi) is 20.2. The van der Waals surface area contributed by atoms with Gasteiger partial charge in [-0.15, -0.1) is 6.58 Å². The van der Waals surface area contributed by atoms with Gasteiger partial charge in [0.05, 0.1) is 12.6 Å². The second-order valence-corrected chi connectivity index (χ2v) is 15.0. The van der Waals surface area contributed by atoms with E-state index in [2.05, 4.69) is 34.8 Å². The van der Waals surface area contributed by atoms with Crippen molar-refractivity contribution in [3.8, 4) is 22.6 Å². The number of quaternary nitrogens is 1. The van der Waals surface area contributed by atoms with Crippen LogP contribution in [-0.2, 0) is 30.5 Å². The minimum absolute atomic E-state index is 0. The molecule has 0 unspecified atom stereocenters. The van der Waals surface area contributed by atoms with Gasteiger partial charge in [-0.05, 0) is 91.4 Å². The first kappa shape index (κ1) is 48.7. The summed E-state index contributed by atoms with van der Waals surface area (Å²) >= 11 is 0. The monoisotopic (exact) mass is 862 g/mol. The van der Waals surface area contributed by atoms with Crippen molar-refractivity contribution < 1.29 is 51.5 Å². The molecule has 5 aromatic carbocycles. The van der Waals surface area contributed by atoms with E-state index in [0.29, 0.717) is 56.9 Å². The predicted octanol–water partition coefficient (Wildman–Crippen LogP) is 3.88. The van der Waals surface area contributed by atoms with Gasteiger partial charge < -0.3 is 48.3 Å². The number of benzene rings is 5. The normalized spacial score (nSPS) is 12.3. The van der Waals surface area contributed by atoms with E-state index in [1.54, 1.807) is 12.2 Å². The number of amides is 2. The molecule has 0 saturated heterocycles. The molecule has 0 spiro atoms. The van der Waals surface area contributed by atoms with Crippen molar-refractivity contribution in [2.24, 2.45) is 5.92 Å². The average Bonchev–Trinajstić information content (AvgIpc) is 3.28. The summed E-state index contributed by atoms with van der Waals surface area (Å²) in [6.45, 7) is 8.89. The van der Waals surface area contributed by atoms with Crippen molar-refractivity contribution in [3.63, 3.8) is 0 Å². The molecule has 0 bridgehead atoms. The number of carbonyl (C=O) groups excluding carboxylic acids is 4. The van der Waals surface area contributed by atoms with E-state index < -0.39 is 35.8 Å². The molecule has 0 fully saturated rings. The Morgan fingerprint density at radius 3 is 1.95 bits per heavy atom. The highest BCUT2D eigenvalue weighted by Gasteiger charge is 2.31. The number of fused-ring (bicyclic) bond motifs is 2. The molecular weight excluding hydrogens is 804 g/mol. The first-order chi connectivity index (χ1) is 29.8. The van der Waals surface area contributed by atoms with Crippen LogP contribution in [0.3, 0.4) is 0 Å². The molecule has 3 atom stereocenters. The van der Waals surface area contributed by atoms with Gasteiger partial charge in [0.1, 0.15) is 30.8 Å². The highest BCUT2D eigenvalue weighted by molar-refractivity contribution is 6.10. The average molecular weight is 863 g/mol. The smallest absolute Gasteiger partial charge is 0.329 e. The maximum atomic E-state index is 14.1. The third kappa shape index (κ3) is 13.8. The molecule has 0 aliphatic carbocycles. The van der Waals surface area contributed by atoms with Gasteiger partial charge in [-0.25, -0.2) is 4.79 Å². The van der Waals surface area contributed by atoms with E-state index in [-0.39, 0.29) is 44.2 Å². The molecule has 328 valence electrons. The summed E-state index contributed by atoms with van der Waals surface area (Å²) in [6, 6.07) is 31.2. The Hall–Kier alpha value is -6.01. The Morgan fingerprint density at radius 2 is 1.34 bits per heavy atom. The summed E-state index contributed by atoms with van der Waals surface area (Å²) in [5, 5.41) is 12.7. The Balaban J connectivity index is 0.00000845. The van der Waals surface area contributed by atoms with Gasteiger partial charge in [-0.3, -0.25) is 14.4 Å². The molecule has 0 radical (unpaired) electrons. The van der Waals surface area contributed by atoms with Crippen molar-refractivity contribution in [1.29, 1.82) is 0 Å². The highest BCUT2D eigenvalue weighted by atomic mass is 35.5. The van der Waals surface area contributed by atoms with E-state index in [9.17, 15) is 19.2 Å². The lowest BCUT2D eigenvalue weighted by Gasteiger charge is -2.24. The SMILES string of the molecule is C=CCOc1ccc2ccccc2c1-c1c(OCC(=O)N[C@H](CCCC[NH3+])C(=O)C[C@H](CCCNC)C(=O)N[C@@H](CC=C)C(=O)OCc2ccccc2)ccc2ccccc12.[Cl-]. The molecule has 0 aromatic heterocycles. The van der Waals surface area contributed by atoms with E-state index in [1.807, 2.05) is 110 Å². The van der Waals surface area contributed by atoms with Crippen LogP contribution >= 0.6 is 0 Å². The summed E-state index contributed by atoms with van der Waals surface area (Å²) in [6.07, 6.45) is 6.05. The van der Waals surface area contributed by atoms with Crippen LogP contribution in [0.4, 0.5) is 0 Å². The lowest BCUT2D eigenvalue weighted by molar-refractivity contribution is -0.368. The fourth-order valence-electron chi connectivity index (χ4n) is 7.36. The van der Waals surface area contributed by atoms with Crippen LogP contribution in [0, 0.1) is 5.92 Å². The Labute approximate surface area is 370 Å². The Bertz CT molecular complexity index is 2270. The van der Waals surface area contributed by atoms with Crippen LogP contribution in [0.25, 0.3) is 32.7 Å². The molecule has 0 aliphatic rings. The van der Waals surface area contributed by atoms with Gasteiger partial charge in [0.2, 0.25) is 5.91 Å². The molecule has 5 aromatic rings. The molecular formula is C50H59ClN4O7. The molecule has 62 heavy (non-hydrogen) atoms. The van der Waals surface area contributed by atoms with Crippen molar-refractivity contribution in [3.05, 3.63) is 134 Å². The highest BCUT2D eigenvalue weighted by Crippen LogP contribution is 2.45. The zero-order chi connectivity index (χ0) is 43.4. The Morgan fingerprint density at radius 1 is 0.710 bits per heavy atom. The number of unbranched alkanes of at least 4 members (excludes halogenated alkanes) is 1. The van der Waals surface area contributed by atoms with Crippen LogP contribution in [0.2, 0.25) is 0 Å². The van der Waals surface area contributed by atoms with Crippen molar-refractivity contribution in [2.45, 2.75) is 63.6 Å². The second kappa shape index (κ2) is 25.7. The number of hydrogen-bond acceptors (Lipinski definition) is 8. The first-order valence-corrected chi connectivity index (χ1v) is 21.1. The maximum absolute atomic E-state index is 14.1. The number of hydrogen-bond donors (Lipinski definition) is 4. The van der Waals surface area contributed by atoms with Gasteiger partial charge in [0.25, 0.3) is 5.91 Å². The number of nitrogens with one attached hydrogen (secondary N) is 3. The van der Waals surface area contributed by atoms with Crippen molar-refractivity contribution in [1.82, 2.24) is 16.0 Å². The third-order valence-electron chi connectivity index (χ3n) is 10.5. The second-order valence-electron chi connectivity index (χ2n) is 15.0. The van der Waals surface area contributed by atoms with Crippen molar-refractivity contribution in [2.75, 3.05) is 33.4 Å². The van der Waals surface area contributed by atoms with Crippen LogP contribution < -0.4 is 43.6 Å². The summed E-state index contributed by atoms with van der Waals surface area (Å²) < 4.78 is 18.1. The zero-order valence-corrected chi connectivity index (χ0v) is 36.3. The van der Waals surface area contributed by atoms with Gasteiger partial charge >= 0.3 is 5.97 Å². The lowest BCUT2D eigenvalue weighted by Crippen LogP contribution is -3.00. The summed E-state index contributed by atoms with van der Waals surface area (Å²) in [4.78, 5) is 54.9. The zero-order valence-electron chi connectivity index (χ0n) is 35.5. The number of carbonyl (C=O) groups is 4. The minimum Gasteiger partial charge on any atom is -1.00 e. The summed E-state index contributed by atoms with van der Waals surface area (Å²) in [5.74, 6) is -1.41. The predicted molar refractivity (Wildman–Crippen MR) is 241 cm³/mol. The van der Waals surface area contributed by atoms with Gasteiger partial charge in [-0.1, -0.05) is 110 Å². The van der Waals surface area contributed by atoms with Crippen LogP contribution in [0.5, 0.6) is 11.5 Å². The van der Waals surface area contributed by atoms with E-state index in [4.69, 9.17) is 14.2 Å². The minimum atomic E-state index is -0.973. The molecule has 0 aliphatic heterocycles. The number of ether oxygens (including phenoxy) is 3. The first-order valence-electron chi connectivity index (χ1n) is 21.1. The number of Topliss-reactive ketones (excluding diaryl/α,β-unsaturated/α-hetero) is 1. The summed E-state index contributed by atoms with van der Waals surface area (Å²) in [7, 11) is 1.82. The number of esters is 1. The van der Waals surface area contributed by atoms with Gasteiger partial charge in [0.15, 0.2) is 12.4 Å². The molecule has 6 N–H and O–H groups in total. The quantitative estimate of drug-likeness (QED) is 0.0371. The fourth-order valence-corrected chi connectivity index (χ4v) is 7.36. The third-order valence-corrected chi connectivity index (χ3v) is 10.5. The number of ketones is 1. The van der Waals surface area contributed by atoms with Crippen LogP contribution in [-0.4, -0.2) is 69.0 Å². The number of rotatable bonds is 26. The van der Waals surface area contributed by atoms with Gasteiger partial charge in [0, 0.05) is 23.5 Å². The maximum Gasteiger partial charge on any atom is 0.329 e. The summed E-state index contributed by atoms with van der Waals surface area (Å²) in [5.41, 5.74) is 6.36.